The molecule has 0 heterocycles. The molecule has 0 saturated heterocycles. The number of esters is 1. The van der Waals surface area contributed by atoms with E-state index in [2.05, 4.69) is 0 Å². The maximum absolute atomic E-state index is 11.5. The number of ether oxygens (including phenoxy) is 1. The lowest BCUT2D eigenvalue weighted by Gasteiger charge is -2.27. The van der Waals surface area contributed by atoms with Gasteiger partial charge in [-0.15, -0.1) is 0 Å². The van der Waals surface area contributed by atoms with Crippen LogP contribution in [0.15, 0.2) is 30.3 Å². The molecule has 0 radical (unpaired) electrons. The molecule has 1 aromatic rings. The number of benzene rings is 1. The van der Waals surface area contributed by atoms with Gasteiger partial charge in [-0.2, -0.15) is 0 Å². The summed E-state index contributed by atoms with van der Waals surface area (Å²) in [6.45, 7) is 3.27. The molecule has 1 aromatic carbocycles. The maximum atomic E-state index is 11.5. The summed E-state index contributed by atoms with van der Waals surface area (Å²) in [5, 5.41) is 10.0. The summed E-state index contributed by atoms with van der Waals surface area (Å²) in [6.07, 6.45) is 0. The van der Waals surface area contributed by atoms with Crippen LogP contribution >= 0.6 is 0 Å². The van der Waals surface area contributed by atoms with Gasteiger partial charge in [-0.05, 0) is 19.4 Å². The van der Waals surface area contributed by atoms with Crippen LogP contribution in [0.5, 0.6) is 0 Å². The van der Waals surface area contributed by atoms with E-state index in [0.29, 0.717) is 5.56 Å². The molecule has 16 heavy (non-hydrogen) atoms. The van der Waals surface area contributed by atoms with E-state index in [9.17, 15) is 9.90 Å². The van der Waals surface area contributed by atoms with E-state index in [1.807, 2.05) is 6.07 Å². The first kappa shape index (κ1) is 12.7. The number of hydrogen-bond acceptors (Lipinski definition) is 4. The van der Waals surface area contributed by atoms with Crippen LogP contribution in [-0.2, 0) is 9.53 Å². The SMILES string of the molecule is CCOC(=O)C(C)(O)C(N)c1ccccc1. The van der Waals surface area contributed by atoms with Crippen molar-refractivity contribution >= 4 is 5.97 Å². The maximum Gasteiger partial charge on any atom is 0.339 e. The molecule has 4 heteroatoms. The van der Waals surface area contributed by atoms with Gasteiger partial charge in [-0.1, -0.05) is 30.3 Å². The monoisotopic (exact) mass is 223 g/mol. The Balaban J connectivity index is 2.87. The van der Waals surface area contributed by atoms with E-state index < -0.39 is 17.6 Å². The zero-order valence-electron chi connectivity index (χ0n) is 9.51. The Bertz CT molecular complexity index is 349. The third kappa shape index (κ3) is 2.59. The van der Waals surface area contributed by atoms with Crippen LogP contribution in [0.2, 0.25) is 0 Å². The van der Waals surface area contributed by atoms with Gasteiger partial charge < -0.3 is 15.6 Å². The number of hydrogen-bond donors (Lipinski definition) is 2. The van der Waals surface area contributed by atoms with Crippen LogP contribution in [0.3, 0.4) is 0 Å². The lowest BCUT2D eigenvalue weighted by molar-refractivity contribution is -0.165. The topological polar surface area (TPSA) is 72.5 Å². The summed E-state index contributed by atoms with van der Waals surface area (Å²) in [5.74, 6) is -0.702. The third-order valence-corrected chi connectivity index (χ3v) is 2.45. The van der Waals surface area contributed by atoms with Gasteiger partial charge in [0.15, 0.2) is 5.60 Å². The van der Waals surface area contributed by atoms with Crippen molar-refractivity contribution in [2.45, 2.75) is 25.5 Å². The van der Waals surface area contributed by atoms with Gasteiger partial charge in [-0.3, -0.25) is 0 Å². The highest BCUT2D eigenvalue weighted by Gasteiger charge is 2.39. The van der Waals surface area contributed by atoms with Gasteiger partial charge in [0.2, 0.25) is 0 Å². The average Bonchev–Trinajstić information content (AvgIpc) is 2.29. The molecule has 0 bridgehead atoms. The Labute approximate surface area is 95.0 Å². The Morgan fingerprint density at radius 1 is 1.50 bits per heavy atom. The van der Waals surface area contributed by atoms with Crippen LogP contribution in [-0.4, -0.2) is 23.3 Å². The number of nitrogens with two attached hydrogens (primary N) is 1. The van der Waals surface area contributed by atoms with Crippen molar-refractivity contribution in [3.63, 3.8) is 0 Å². The largest absolute Gasteiger partial charge is 0.464 e. The molecule has 0 spiro atoms. The molecule has 0 aromatic heterocycles. The van der Waals surface area contributed by atoms with E-state index in [0.717, 1.165) is 0 Å². The Kier molecular flexibility index (Phi) is 4.04. The lowest BCUT2D eigenvalue weighted by atomic mass is 9.91. The second-order valence-corrected chi connectivity index (χ2v) is 3.76. The first-order valence-electron chi connectivity index (χ1n) is 5.20. The third-order valence-electron chi connectivity index (χ3n) is 2.45. The zero-order chi connectivity index (χ0) is 12.2. The van der Waals surface area contributed by atoms with Gasteiger partial charge in [0.1, 0.15) is 0 Å². The van der Waals surface area contributed by atoms with Crippen molar-refractivity contribution in [1.29, 1.82) is 0 Å². The fourth-order valence-corrected chi connectivity index (χ4v) is 1.39. The minimum absolute atomic E-state index is 0.219. The van der Waals surface area contributed by atoms with Gasteiger partial charge in [0.25, 0.3) is 0 Å². The van der Waals surface area contributed by atoms with Gasteiger partial charge in [0.05, 0.1) is 12.6 Å². The molecule has 0 amide bonds. The fraction of sp³-hybridized carbons (Fsp3) is 0.417. The summed E-state index contributed by atoms with van der Waals surface area (Å²) >= 11 is 0. The predicted octanol–water partition coefficient (Wildman–Crippen LogP) is 1.00. The van der Waals surface area contributed by atoms with Crippen molar-refractivity contribution in [3.05, 3.63) is 35.9 Å². The lowest BCUT2D eigenvalue weighted by Crippen LogP contribution is -2.46. The number of carbonyl (C=O) groups is 1. The minimum atomic E-state index is -1.71. The molecule has 2 unspecified atom stereocenters. The first-order valence-corrected chi connectivity index (χ1v) is 5.20. The van der Waals surface area contributed by atoms with Gasteiger partial charge >= 0.3 is 5.97 Å². The van der Waals surface area contributed by atoms with E-state index >= 15 is 0 Å². The molecule has 1 rings (SSSR count). The van der Waals surface area contributed by atoms with Crippen molar-refractivity contribution in [2.24, 2.45) is 5.73 Å². The summed E-state index contributed by atoms with van der Waals surface area (Å²) in [7, 11) is 0. The molecule has 0 aliphatic rings. The van der Waals surface area contributed by atoms with Crippen LogP contribution in [0.25, 0.3) is 0 Å². The van der Waals surface area contributed by atoms with Crippen molar-refractivity contribution in [3.8, 4) is 0 Å². The molecule has 2 atom stereocenters. The smallest absolute Gasteiger partial charge is 0.339 e. The zero-order valence-corrected chi connectivity index (χ0v) is 9.51. The van der Waals surface area contributed by atoms with E-state index in [4.69, 9.17) is 10.5 Å². The molecule has 3 N–H and O–H groups in total. The predicted molar refractivity (Wildman–Crippen MR) is 60.6 cm³/mol. The van der Waals surface area contributed by atoms with E-state index in [-0.39, 0.29) is 6.61 Å². The molecule has 4 nitrogen and oxygen atoms in total. The number of aliphatic hydroxyl groups is 1. The molecular formula is C12H17NO3. The van der Waals surface area contributed by atoms with E-state index in [1.54, 1.807) is 31.2 Å². The Morgan fingerprint density at radius 3 is 2.56 bits per heavy atom. The summed E-state index contributed by atoms with van der Waals surface area (Å²) in [5.41, 5.74) is 4.84. The second kappa shape index (κ2) is 5.09. The van der Waals surface area contributed by atoms with Crippen LogP contribution in [0, 0.1) is 0 Å². The summed E-state index contributed by atoms with van der Waals surface area (Å²) in [6, 6.07) is 8.17. The summed E-state index contributed by atoms with van der Waals surface area (Å²) in [4.78, 5) is 11.5. The average molecular weight is 223 g/mol. The number of carbonyl (C=O) groups excluding carboxylic acids is 1. The molecule has 0 saturated carbocycles. The molecule has 88 valence electrons. The molecule has 0 aliphatic heterocycles. The number of rotatable bonds is 4. The summed E-state index contributed by atoms with van der Waals surface area (Å²) < 4.78 is 4.78. The fourth-order valence-electron chi connectivity index (χ4n) is 1.39. The first-order chi connectivity index (χ1) is 7.50. The Hall–Kier alpha value is -1.39. The second-order valence-electron chi connectivity index (χ2n) is 3.76. The van der Waals surface area contributed by atoms with Crippen molar-refractivity contribution in [2.75, 3.05) is 6.61 Å². The van der Waals surface area contributed by atoms with Gasteiger partial charge in [-0.25, -0.2) is 4.79 Å². The highest BCUT2D eigenvalue weighted by molar-refractivity contribution is 5.80. The molecule has 0 aliphatic carbocycles. The standard InChI is InChI=1S/C12H17NO3/c1-3-16-11(14)12(2,15)10(13)9-7-5-4-6-8-9/h4-8,10,15H,3,13H2,1-2H3. The highest BCUT2D eigenvalue weighted by Crippen LogP contribution is 2.24. The Morgan fingerprint density at radius 2 is 2.06 bits per heavy atom. The quantitative estimate of drug-likeness (QED) is 0.747. The van der Waals surface area contributed by atoms with Crippen molar-refractivity contribution < 1.29 is 14.6 Å². The molecule has 0 fully saturated rings. The van der Waals surface area contributed by atoms with Gasteiger partial charge in [0, 0.05) is 0 Å². The van der Waals surface area contributed by atoms with Crippen LogP contribution in [0.1, 0.15) is 25.5 Å². The van der Waals surface area contributed by atoms with Crippen molar-refractivity contribution in [1.82, 2.24) is 0 Å². The molecular weight excluding hydrogens is 206 g/mol. The minimum Gasteiger partial charge on any atom is -0.464 e. The highest BCUT2D eigenvalue weighted by atomic mass is 16.5. The normalized spacial score (nSPS) is 16.2. The van der Waals surface area contributed by atoms with Crippen LogP contribution in [0.4, 0.5) is 0 Å². The van der Waals surface area contributed by atoms with Crippen LogP contribution < -0.4 is 5.73 Å². The van der Waals surface area contributed by atoms with E-state index in [1.165, 1.54) is 6.92 Å².